The van der Waals surface area contributed by atoms with Crippen LogP contribution in [0.15, 0.2) is 54.9 Å². The molecule has 146 valence electrons. The molecule has 2 aromatic carbocycles. The zero-order valence-corrected chi connectivity index (χ0v) is 14.9. The average Bonchev–Trinajstić information content (AvgIpc) is 3.28. The summed E-state index contributed by atoms with van der Waals surface area (Å²) in [6, 6.07) is 13.4. The molecular formula is C20H18F3N3O2. The van der Waals surface area contributed by atoms with Gasteiger partial charge in [0.05, 0.1) is 29.8 Å². The number of likely N-dealkylation sites (tertiary alicyclic amines) is 1. The van der Waals surface area contributed by atoms with Crippen LogP contribution in [0.1, 0.15) is 18.0 Å². The number of ether oxygens (including phenoxy) is 1. The molecule has 0 unspecified atom stereocenters. The number of halogens is 3. The van der Waals surface area contributed by atoms with Crippen molar-refractivity contribution >= 4 is 16.9 Å². The van der Waals surface area contributed by atoms with E-state index in [-0.39, 0.29) is 24.1 Å². The van der Waals surface area contributed by atoms with Crippen molar-refractivity contribution in [2.75, 3.05) is 13.1 Å². The van der Waals surface area contributed by atoms with E-state index >= 15 is 0 Å². The number of aromatic nitrogens is 2. The molecule has 0 bridgehead atoms. The van der Waals surface area contributed by atoms with E-state index in [9.17, 15) is 18.0 Å². The van der Waals surface area contributed by atoms with E-state index in [4.69, 9.17) is 0 Å². The summed E-state index contributed by atoms with van der Waals surface area (Å²) < 4.78 is 42.6. The van der Waals surface area contributed by atoms with E-state index in [1.165, 1.54) is 24.3 Å². The lowest BCUT2D eigenvalue weighted by molar-refractivity contribution is -0.274. The Morgan fingerprint density at radius 2 is 1.89 bits per heavy atom. The fraction of sp³-hybridized carbons (Fsp3) is 0.300. The Hall–Kier alpha value is -3.03. The summed E-state index contributed by atoms with van der Waals surface area (Å²) in [5, 5.41) is 0. The predicted molar refractivity (Wildman–Crippen MR) is 96.8 cm³/mol. The Bertz CT molecular complexity index is 982. The molecule has 0 aliphatic carbocycles. The van der Waals surface area contributed by atoms with Crippen molar-refractivity contribution in [1.29, 1.82) is 0 Å². The van der Waals surface area contributed by atoms with Crippen LogP contribution in [0, 0.1) is 0 Å². The van der Waals surface area contributed by atoms with E-state index in [2.05, 4.69) is 14.3 Å². The zero-order valence-electron chi connectivity index (χ0n) is 14.9. The highest BCUT2D eigenvalue weighted by atomic mass is 19.4. The first-order chi connectivity index (χ1) is 13.4. The first kappa shape index (κ1) is 18.3. The van der Waals surface area contributed by atoms with Crippen molar-refractivity contribution in [2.24, 2.45) is 0 Å². The van der Waals surface area contributed by atoms with Crippen LogP contribution >= 0.6 is 0 Å². The topological polar surface area (TPSA) is 47.4 Å². The Balaban J connectivity index is 1.38. The van der Waals surface area contributed by atoms with Crippen LogP contribution in [-0.2, 0) is 11.2 Å². The van der Waals surface area contributed by atoms with Crippen LogP contribution in [0.2, 0.25) is 0 Å². The summed E-state index contributed by atoms with van der Waals surface area (Å²) in [6.07, 6.45) is -1.93. The van der Waals surface area contributed by atoms with Gasteiger partial charge >= 0.3 is 6.36 Å². The number of carbonyl (C=O) groups is 1. The minimum atomic E-state index is -4.72. The standard InChI is InChI=1S/C20H18F3N3O2/c21-20(22,23)28-16-7-5-14(6-8-16)11-19(27)25-10-9-15(12-25)26-13-24-17-3-1-2-4-18(17)26/h1-8,13,15H,9-12H2/t15-/m0/s1. The van der Waals surface area contributed by atoms with Crippen LogP contribution in [-0.4, -0.2) is 39.8 Å². The molecule has 1 amide bonds. The normalized spacial score (nSPS) is 17.2. The number of carbonyl (C=O) groups excluding carboxylic acids is 1. The molecule has 1 aliphatic rings. The number of hydrogen-bond donors (Lipinski definition) is 0. The minimum Gasteiger partial charge on any atom is -0.406 e. The van der Waals surface area contributed by atoms with Crippen LogP contribution < -0.4 is 4.74 Å². The second-order valence-corrected chi connectivity index (χ2v) is 6.79. The van der Waals surface area contributed by atoms with E-state index in [1.54, 1.807) is 4.90 Å². The van der Waals surface area contributed by atoms with Crippen LogP contribution in [0.25, 0.3) is 11.0 Å². The molecule has 0 N–H and O–H groups in total. The maximum atomic E-state index is 12.6. The summed E-state index contributed by atoms with van der Waals surface area (Å²) in [6.45, 7) is 1.24. The van der Waals surface area contributed by atoms with Gasteiger partial charge in [-0.15, -0.1) is 13.2 Å². The third-order valence-electron chi connectivity index (χ3n) is 4.90. The molecule has 5 nitrogen and oxygen atoms in total. The summed E-state index contributed by atoms with van der Waals surface area (Å²) in [5.74, 6) is -0.340. The molecule has 0 spiro atoms. The highest BCUT2D eigenvalue weighted by Gasteiger charge is 2.31. The first-order valence-electron chi connectivity index (χ1n) is 8.93. The molecule has 1 saturated heterocycles. The Kier molecular flexibility index (Phi) is 4.70. The van der Waals surface area contributed by atoms with Crippen LogP contribution in [0.3, 0.4) is 0 Å². The summed E-state index contributed by atoms with van der Waals surface area (Å²) in [4.78, 5) is 18.8. The van der Waals surface area contributed by atoms with Crippen molar-refractivity contribution in [1.82, 2.24) is 14.5 Å². The van der Waals surface area contributed by atoms with Crippen molar-refractivity contribution in [3.8, 4) is 5.75 Å². The highest BCUT2D eigenvalue weighted by Crippen LogP contribution is 2.27. The SMILES string of the molecule is O=C(Cc1ccc(OC(F)(F)F)cc1)N1CC[C@H](n2cnc3ccccc32)C1. The molecule has 0 saturated carbocycles. The van der Waals surface area contributed by atoms with Gasteiger partial charge in [0.2, 0.25) is 5.91 Å². The second kappa shape index (κ2) is 7.18. The molecule has 1 fully saturated rings. The van der Waals surface area contributed by atoms with Gasteiger partial charge in [0.15, 0.2) is 0 Å². The average molecular weight is 389 g/mol. The number of fused-ring (bicyclic) bond motifs is 1. The highest BCUT2D eigenvalue weighted by molar-refractivity contribution is 5.79. The van der Waals surface area contributed by atoms with Gasteiger partial charge in [-0.05, 0) is 36.2 Å². The van der Waals surface area contributed by atoms with E-state index in [0.29, 0.717) is 18.7 Å². The second-order valence-electron chi connectivity index (χ2n) is 6.79. The van der Waals surface area contributed by atoms with E-state index in [0.717, 1.165) is 17.5 Å². The lowest BCUT2D eigenvalue weighted by Gasteiger charge is -2.18. The van der Waals surface area contributed by atoms with E-state index in [1.807, 2.05) is 30.6 Å². The van der Waals surface area contributed by atoms with Gasteiger partial charge in [-0.3, -0.25) is 4.79 Å². The Morgan fingerprint density at radius 3 is 2.64 bits per heavy atom. The van der Waals surface area contributed by atoms with Gasteiger partial charge in [-0.2, -0.15) is 0 Å². The lowest BCUT2D eigenvalue weighted by atomic mass is 10.1. The number of rotatable bonds is 4. The van der Waals surface area contributed by atoms with Crippen molar-refractivity contribution < 1.29 is 22.7 Å². The molecule has 2 heterocycles. The van der Waals surface area contributed by atoms with Crippen LogP contribution in [0.5, 0.6) is 5.75 Å². The summed E-state index contributed by atoms with van der Waals surface area (Å²) in [5.41, 5.74) is 2.62. The number of benzene rings is 2. The minimum absolute atomic E-state index is 0.0450. The van der Waals surface area contributed by atoms with Crippen molar-refractivity contribution in [3.05, 3.63) is 60.4 Å². The zero-order chi connectivity index (χ0) is 19.7. The Labute approximate surface area is 159 Å². The first-order valence-corrected chi connectivity index (χ1v) is 8.93. The van der Waals surface area contributed by atoms with Crippen LogP contribution in [0.4, 0.5) is 13.2 Å². The quantitative estimate of drug-likeness (QED) is 0.679. The third kappa shape index (κ3) is 3.95. The lowest BCUT2D eigenvalue weighted by Crippen LogP contribution is -2.30. The van der Waals surface area contributed by atoms with Gasteiger partial charge in [-0.25, -0.2) is 4.98 Å². The number of alkyl halides is 3. The summed E-state index contributed by atoms with van der Waals surface area (Å²) >= 11 is 0. The summed E-state index contributed by atoms with van der Waals surface area (Å²) in [7, 11) is 0. The van der Waals surface area contributed by atoms with Gasteiger partial charge in [0.1, 0.15) is 5.75 Å². The maximum absolute atomic E-state index is 12.6. The molecular weight excluding hydrogens is 371 g/mol. The molecule has 8 heteroatoms. The molecule has 1 atom stereocenters. The van der Waals surface area contributed by atoms with Crippen molar-refractivity contribution in [3.63, 3.8) is 0 Å². The van der Waals surface area contributed by atoms with Gasteiger partial charge in [0.25, 0.3) is 0 Å². The third-order valence-corrected chi connectivity index (χ3v) is 4.90. The molecule has 1 aliphatic heterocycles. The van der Waals surface area contributed by atoms with Gasteiger partial charge in [-0.1, -0.05) is 24.3 Å². The number of imidazole rings is 1. The fourth-order valence-corrected chi connectivity index (χ4v) is 3.56. The molecule has 28 heavy (non-hydrogen) atoms. The smallest absolute Gasteiger partial charge is 0.406 e. The number of amides is 1. The number of nitrogens with zero attached hydrogens (tertiary/aromatic N) is 3. The van der Waals surface area contributed by atoms with Crippen molar-refractivity contribution in [2.45, 2.75) is 25.2 Å². The molecule has 1 aromatic heterocycles. The number of hydrogen-bond acceptors (Lipinski definition) is 3. The number of para-hydroxylation sites is 2. The maximum Gasteiger partial charge on any atom is 0.573 e. The van der Waals surface area contributed by atoms with Gasteiger partial charge < -0.3 is 14.2 Å². The molecule has 0 radical (unpaired) electrons. The van der Waals surface area contributed by atoms with Gasteiger partial charge in [0, 0.05) is 13.1 Å². The fourth-order valence-electron chi connectivity index (χ4n) is 3.56. The molecule has 4 rings (SSSR count). The largest absolute Gasteiger partial charge is 0.573 e. The predicted octanol–water partition coefficient (Wildman–Crippen LogP) is 3.95. The van der Waals surface area contributed by atoms with E-state index < -0.39 is 6.36 Å². The monoisotopic (exact) mass is 389 g/mol. The molecule has 3 aromatic rings. The Morgan fingerprint density at radius 1 is 1.14 bits per heavy atom.